The molecule has 0 heterocycles. The predicted octanol–water partition coefficient (Wildman–Crippen LogP) is 4.78. The fourth-order valence-electron chi connectivity index (χ4n) is 1.89. The Kier molecular flexibility index (Phi) is 4.19. The minimum atomic E-state index is 0.799. The molecule has 0 fully saturated rings. The summed E-state index contributed by atoms with van der Waals surface area (Å²) in [5.74, 6) is 0. The van der Waals surface area contributed by atoms with E-state index < -0.39 is 0 Å². The van der Waals surface area contributed by atoms with Crippen molar-refractivity contribution in [2.75, 3.05) is 5.73 Å². The maximum Gasteiger partial charge on any atom is 0.0314 e. The van der Waals surface area contributed by atoms with Gasteiger partial charge in [0.1, 0.15) is 0 Å². The smallest absolute Gasteiger partial charge is 0.0314 e. The molecule has 0 spiro atoms. The Morgan fingerprint density at radius 1 is 0.737 bits per heavy atom. The van der Waals surface area contributed by atoms with Crippen molar-refractivity contribution in [3.63, 3.8) is 0 Å². The lowest BCUT2D eigenvalue weighted by atomic mass is 10.0. The van der Waals surface area contributed by atoms with Crippen LogP contribution in [0.25, 0.3) is 11.1 Å². The highest BCUT2D eigenvalue weighted by atomic mass is 14.5. The van der Waals surface area contributed by atoms with Crippen LogP contribution in [0.1, 0.15) is 25.0 Å². The Hall–Kier alpha value is -2.28. The molecule has 2 aromatic carbocycles. The molecule has 2 rings (SSSR count). The average molecular weight is 249 g/mol. The van der Waals surface area contributed by atoms with E-state index in [1.54, 1.807) is 0 Å². The van der Waals surface area contributed by atoms with E-state index in [4.69, 9.17) is 5.73 Å². The fourth-order valence-corrected chi connectivity index (χ4v) is 1.89. The van der Waals surface area contributed by atoms with Crippen molar-refractivity contribution < 1.29 is 0 Å². The van der Waals surface area contributed by atoms with Gasteiger partial charge in [-0.15, -0.1) is 0 Å². The summed E-state index contributed by atoms with van der Waals surface area (Å²) in [6.07, 6.45) is 4.30. The van der Waals surface area contributed by atoms with Gasteiger partial charge in [-0.1, -0.05) is 54.6 Å². The Balaban J connectivity index is 2.20. The van der Waals surface area contributed by atoms with Gasteiger partial charge in [0.25, 0.3) is 0 Å². The minimum absolute atomic E-state index is 0.799. The van der Waals surface area contributed by atoms with E-state index in [0.717, 1.165) is 5.69 Å². The summed E-state index contributed by atoms with van der Waals surface area (Å²) in [6.45, 7) is 4.24. The zero-order valence-electron chi connectivity index (χ0n) is 11.4. The zero-order valence-corrected chi connectivity index (χ0v) is 11.4. The summed E-state index contributed by atoms with van der Waals surface area (Å²) >= 11 is 0. The molecule has 2 N–H and O–H groups in total. The molecule has 0 saturated heterocycles. The highest BCUT2D eigenvalue weighted by molar-refractivity contribution is 5.71. The zero-order chi connectivity index (χ0) is 13.7. The quantitative estimate of drug-likeness (QED) is 0.615. The molecule has 0 atom stereocenters. The standard InChI is InChI=1S/C18H19N/c1-14(16-6-4-3-5-7-16)8-9-15(2)17-10-12-18(19)13-11-17/h3-13H,19H2,1-2H3/b14-8+,15-9+. The number of nitrogens with two attached hydrogens (primary N) is 1. The van der Waals surface area contributed by atoms with Gasteiger partial charge in [0, 0.05) is 5.69 Å². The molecule has 0 bridgehead atoms. The Morgan fingerprint density at radius 3 is 1.74 bits per heavy atom. The van der Waals surface area contributed by atoms with Crippen molar-refractivity contribution in [3.05, 3.63) is 77.9 Å². The van der Waals surface area contributed by atoms with Crippen LogP contribution in [0.3, 0.4) is 0 Å². The molecule has 0 aliphatic rings. The summed E-state index contributed by atoms with van der Waals surface area (Å²) < 4.78 is 0. The van der Waals surface area contributed by atoms with E-state index in [1.807, 2.05) is 30.3 Å². The number of hydrogen-bond donors (Lipinski definition) is 1. The van der Waals surface area contributed by atoms with Gasteiger partial charge >= 0.3 is 0 Å². The van der Waals surface area contributed by atoms with Gasteiger partial charge in [-0.2, -0.15) is 0 Å². The maximum absolute atomic E-state index is 5.69. The molecule has 2 aromatic rings. The first-order valence-corrected chi connectivity index (χ1v) is 6.43. The Labute approximate surface area is 115 Å². The third kappa shape index (κ3) is 3.59. The number of nitrogen functional groups attached to an aromatic ring is 1. The molecular formula is C18H19N. The van der Waals surface area contributed by atoms with Gasteiger partial charge in [0.2, 0.25) is 0 Å². The van der Waals surface area contributed by atoms with Gasteiger partial charge in [-0.05, 0) is 48.3 Å². The lowest BCUT2D eigenvalue weighted by Gasteiger charge is -2.02. The number of allylic oxidation sites excluding steroid dienone is 4. The van der Waals surface area contributed by atoms with Gasteiger partial charge in [0.15, 0.2) is 0 Å². The monoisotopic (exact) mass is 249 g/mol. The summed E-state index contributed by atoms with van der Waals surface area (Å²) in [5, 5.41) is 0. The van der Waals surface area contributed by atoms with E-state index in [1.165, 1.54) is 22.3 Å². The van der Waals surface area contributed by atoms with Crippen LogP contribution in [0, 0.1) is 0 Å². The van der Waals surface area contributed by atoms with Crippen LogP contribution < -0.4 is 5.73 Å². The molecule has 0 amide bonds. The van der Waals surface area contributed by atoms with Crippen molar-refractivity contribution in [2.45, 2.75) is 13.8 Å². The highest BCUT2D eigenvalue weighted by Gasteiger charge is 1.95. The van der Waals surface area contributed by atoms with Gasteiger partial charge in [0.05, 0.1) is 0 Å². The highest BCUT2D eigenvalue weighted by Crippen LogP contribution is 2.18. The van der Waals surface area contributed by atoms with Gasteiger partial charge < -0.3 is 5.73 Å². The SMILES string of the molecule is C/C(=C\C=C(/C)c1ccc(N)cc1)c1ccccc1. The first-order chi connectivity index (χ1) is 9.16. The van der Waals surface area contributed by atoms with E-state index in [9.17, 15) is 0 Å². The molecule has 0 aliphatic carbocycles. The third-order valence-corrected chi connectivity index (χ3v) is 3.18. The number of rotatable bonds is 3. The normalized spacial score (nSPS) is 12.5. The molecular weight excluding hydrogens is 230 g/mol. The summed E-state index contributed by atoms with van der Waals surface area (Å²) in [4.78, 5) is 0. The molecule has 96 valence electrons. The first kappa shape index (κ1) is 13.2. The predicted molar refractivity (Wildman–Crippen MR) is 84.6 cm³/mol. The number of anilines is 1. The summed E-state index contributed by atoms with van der Waals surface area (Å²) in [7, 11) is 0. The van der Waals surface area contributed by atoms with E-state index in [-0.39, 0.29) is 0 Å². The molecule has 0 aliphatic heterocycles. The van der Waals surface area contributed by atoms with Crippen LogP contribution in [0.2, 0.25) is 0 Å². The van der Waals surface area contributed by atoms with Crippen molar-refractivity contribution >= 4 is 16.8 Å². The van der Waals surface area contributed by atoms with Crippen molar-refractivity contribution in [1.82, 2.24) is 0 Å². The molecule has 0 aromatic heterocycles. The van der Waals surface area contributed by atoms with Crippen molar-refractivity contribution in [3.8, 4) is 0 Å². The second-order valence-corrected chi connectivity index (χ2v) is 4.69. The minimum Gasteiger partial charge on any atom is -0.399 e. The van der Waals surface area contributed by atoms with Gasteiger partial charge in [-0.25, -0.2) is 0 Å². The van der Waals surface area contributed by atoms with E-state index in [0.29, 0.717) is 0 Å². The first-order valence-electron chi connectivity index (χ1n) is 6.43. The van der Waals surface area contributed by atoms with Crippen molar-refractivity contribution in [1.29, 1.82) is 0 Å². The molecule has 0 saturated carbocycles. The fraction of sp³-hybridized carbons (Fsp3) is 0.111. The lowest BCUT2D eigenvalue weighted by Crippen LogP contribution is -1.85. The molecule has 0 unspecified atom stereocenters. The average Bonchev–Trinajstić information content (AvgIpc) is 2.46. The van der Waals surface area contributed by atoms with E-state index >= 15 is 0 Å². The van der Waals surface area contributed by atoms with E-state index in [2.05, 4.69) is 50.3 Å². The van der Waals surface area contributed by atoms with Crippen LogP contribution in [0.15, 0.2) is 66.7 Å². The molecule has 0 radical (unpaired) electrons. The van der Waals surface area contributed by atoms with Crippen LogP contribution in [0.5, 0.6) is 0 Å². The largest absolute Gasteiger partial charge is 0.399 e. The van der Waals surface area contributed by atoms with Gasteiger partial charge in [-0.3, -0.25) is 0 Å². The van der Waals surface area contributed by atoms with Crippen LogP contribution in [-0.2, 0) is 0 Å². The second-order valence-electron chi connectivity index (χ2n) is 4.69. The van der Waals surface area contributed by atoms with Crippen LogP contribution in [-0.4, -0.2) is 0 Å². The summed E-state index contributed by atoms with van der Waals surface area (Å²) in [5.41, 5.74) is 11.4. The molecule has 1 heteroatoms. The molecule has 1 nitrogen and oxygen atoms in total. The maximum atomic E-state index is 5.69. The van der Waals surface area contributed by atoms with Crippen LogP contribution >= 0.6 is 0 Å². The van der Waals surface area contributed by atoms with Crippen LogP contribution in [0.4, 0.5) is 5.69 Å². The Bertz CT molecular complexity index is 589. The lowest BCUT2D eigenvalue weighted by molar-refractivity contribution is 1.54. The Morgan fingerprint density at radius 2 is 1.21 bits per heavy atom. The second kappa shape index (κ2) is 6.05. The number of benzene rings is 2. The number of hydrogen-bond acceptors (Lipinski definition) is 1. The molecule has 19 heavy (non-hydrogen) atoms. The van der Waals surface area contributed by atoms with Crippen molar-refractivity contribution in [2.24, 2.45) is 0 Å². The third-order valence-electron chi connectivity index (χ3n) is 3.18. The topological polar surface area (TPSA) is 26.0 Å². The summed E-state index contributed by atoms with van der Waals surface area (Å²) in [6, 6.07) is 18.4.